The van der Waals surface area contributed by atoms with E-state index in [9.17, 15) is 17.9 Å². The van der Waals surface area contributed by atoms with Crippen LogP contribution in [0.25, 0.3) is 0 Å². The summed E-state index contributed by atoms with van der Waals surface area (Å²) in [6.07, 6.45) is 0.679. The lowest BCUT2D eigenvalue weighted by atomic mass is 10.1. The SMILES string of the molecule is CN(CCC(O)c1ccccc1F)CCS(C)(=O)=O. The fourth-order valence-corrected chi connectivity index (χ4v) is 2.32. The number of nitrogens with zero attached hydrogens (tertiary/aromatic N) is 1. The second kappa shape index (κ2) is 6.98. The minimum atomic E-state index is -2.98. The Balaban J connectivity index is 2.42. The van der Waals surface area contributed by atoms with Crippen LogP contribution in [0.4, 0.5) is 4.39 Å². The quantitative estimate of drug-likeness (QED) is 0.820. The second-order valence-electron chi connectivity index (χ2n) is 4.76. The van der Waals surface area contributed by atoms with E-state index in [0.717, 1.165) is 0 Å². The highest BCUT2D eigenvalue weighted by Crippen LogP contribution is 2.19. The molecule has 0 saturated heterocycles. The van der Waals surface area contributed by atoms with Gasteiger partial charge >= 0.3 is 0 Å². The third kappa shape index (κ3) is 6.13. The van der Waals surface area contributed by atoms with Crippen LogP contribution in [-0.4, -0.2) is 50.6 Å². The summed E-state index contributed by atoms with van der Waals surface area (Å²) in [5, 5.41) is 9.89. The molecule has 0 aromatic heterocycles. The topological polar surface area (TPSA) is 57.6 Å². The lowest BCUT2D eigenvalue weighted by Crippen LogP contribution is -2.27. The number of aliphatic hydroxyl groups excluding tert-OH is 1. The van der Waals surface area contributed by atoms with Gasteiger partial charge in [-0.2, -0.15) is 0 Å². The van der Waals surface area contributed by atoms with Gasteiger partial charge in [-0.3, -0.25) is 0 Å². The summed E-state index contributed by atoms with van der Waals surface area (Å²) in [6, 6.07) is 6.11. The van der Waals surface area contributed by atoms with Crippen molar-refractivity contribution in [2.24, 2.45) is 0 Å². The van der Waals surface area contributed by atoms with Crippen molar-refractivity contribution in [3.8, 4) is 0 Å². The van der Waals surface area contributed by atoms with Crippen LogP contribution < -0.4 is 0 Å². The largest absolute Gasteiger partial charge is 0.388 e. The highest BCUT2D eigenvalue weighted by Gasteiger charge is 2.13. The lowest BCUT2D eigenvalue weighted by molar-refractivity contribution is 0.146. The normalized spacial score (nSPS) is 13.7. The Bertz CT molecular complexity index is 504. The molecule has 19 heavy (non-hydrogen) atoms. The van der Waals surface area contributed by atoms with Crippen LogP contribution in [0.5, 0.6) is 0 Å². The Labute approximate surface area is 113 Å². The van der Waals surface area contributed by atoms with Crippen molar-refractivity contribution < 1.29 is 17.9 Å². The van der Waals surface area contributed by atoms with Crippen LogP contribution in [0.2, 0.25) is 0 Å². The number of hydrogen-bond acceptors (Lipinski definition) is 4. The summed E-state index contributed by atoms with van der Waals surface area (Å²) < 4.78 is 35.4. The molecule has 0 bridgehead atoms. The van der Waals surface area contributed by atoms with Gasteiger partial charge in [0.1, 0.15) is 15.7 Å². The molecule has 108 valence electrons. The zero-order valence-electron chi connectivity index (χ0n) is 11.2. The van der Waals surface area contributed by atoms with Gasteiger partial charge in [0.15, 0.2) is 0 Å². The average Bonchev–Trinajstić information content (AvgIpc) is 2.33. The lowest BCUT2D eigenvalue weighted by Gasteiger charge is -2.18. The minimum Gasteiger partial charge on any atom is -0.388 e. The zero-order chi connectivity index (χ0) is 14.5. The fraction of sp³-hybridized carbons (Fsp3) is 0.538. The molecule has 0 aliphatic heterocycles. The van der Waals surface area contributed by atoms with E-state index < -0.39 is 21.8 Å². The first-order valence-corrected chi connectivity index (χ1v) is 8.14. The maximum absolute atomic E-state index is 13.4. The summed E-state index contributed by atoms with van der Waals surface area (Å²) in [5.74, 6) is -0.340. The Morgan fingerprint density at radius 3 is 2.53 bits per heavy atom. The number of aliphatic hydroxyl groups is 1. The van der Waals surface area contributed by atoms with Gasteiger partial charge in [0, 0.05) is 24.9 Å². The Hall–Kier alpha value is -0.980. The molecule has 0 radical (unpaired) electrons. The molecule has 0 aliphatic carbocycles. The van der Waals surface area contributed by atoms with Gasteiger partial charge in [-0.05, 0) is 19.5 Å². The van der Waals surface area contributed by atoms with Crippen LogP contribution in [0.3, 0.4) is 0 Å². The highest BCUT2D eigenvalue weighted by atomic mass is 32.2. The molecule has 1 atom stereocenters. The van der Waals surface area contributed by atoms with Crippen LogP contribution in [0.1, 0.15) is 18.1 Å². The van der Waals surface area contributed by atoms with Crippen molar-refractivity contribution in [3.05, 3.63) is 35.6 Å². The monoisotopic (exact) mass is 289 g/mol. The minimum absolute atomic E-state index is 0.0826. The predicted octanol–water partition coefficient (Wildman–Crippen LogP) is 1.23. The standard InChI is InChI=1S/C13H20FNO3S/c1-15(9-10-19(2,17)18)8-7-13(16)11-5-3-4-6-12(11)14/h3-6,13,16H,7-10H2,1-2H3. The fourth-order valence-electron chi connectivity index (χ4n) is 1.68. The summed E-state index contributed by atoms with van der Waals surface area (Å²) in [5.41, 5.74) is 0.277. The summed E-state index contributed by atoms with van der Waals surface area (Å²) in [4.78, 5) is 1.81. The summed E-state index contributed by atoms with van der Waals surface area (Å²) >= 11 is 0. The van der Waals surface area contributed by atoms with E-state index in [4.69, 9.17) is 0 Å². The Kier molecular flexibility index (Phi) is 5.90. The van der Waals surface area contributed by atoms with Crippen LogP contribution in [-0.2, 0) is 9.84 Å². The molecular formula is C13H20FNO3S. The van der Waals surface area contributed by atoms with Crippen molar-refractivity contribution >= 4 is 9.84 Å². The molecule has 0 heterocycles. The second-order valence-corrected chi connectivity index (χ2v) is 7.02. The van der Waals surface area contributed by atoms with Crippen molar-refractivity contribution in [2.45, 2.75) is 12.5 Å². The molecule has 0 aliphatic rings. The molecule has 0 amide bonds. The van der Waals surface area contributed by atoms with Crippen LogP contribution in [0, 0.1) is 5.82 Å². The zero-order valence-corrected chi connectivity index (χ0v) is 12.0. The van der Waals surface area contributed by atoms with E-state index in [1.165, 1.54) is 12.3 Å². The van der Waals surface area contributed by atoms with Crippen molar-refractivity contribution in [2.75, 3.05) is 32.1 Å². The number of rotatable bonds is 7. The van der Waals surface area contributed by atoms with Crippen LogP contribution in [0.15, 0.2) is 24.3 Å². The number of benzene rings is 1. The van der Waals surface area contributed by atoms with Crippen molar-refractivity contribution in [1.29, 1.82) is 0 Å². The number of hydrogen-bond donors (Lipinski definition) is 1. The smallest absolute Gasteiger partial charge is 0.148 e. The van der Waals surface area contributed by atoms with E-state index in [1.54, 1.807) is 25.2 Å². The first-order valence-electron chi connectivity index (χ1n) is 6.08. The molecule has 1 aromatic carbocycles. The molecule has 4 nitrogen and oxygen atoms in total. The van der Waals surface area contributed by atoms with Crippen LogP contribution >= 0.6 is 0 Å². The average molecular weight is 289 g/mol. The van der Waals surface area contributed by atoms with Gasteiger partial charge in [-0.1, -0.05) is 18.2 Å². The third-order valence-corrected chi connectivity index (χ3v) is 3.82. The molecule has 0 fully saturated rings. The van der Waals surface area contributed by atoms with Gasteiger partial charge in [0.2, 0.25) is 0 Å². The first-order chi connectivity index (χ1) is 8.79. The number of halogens is 1. The molecule has 1 aromatic rings. The predicted molar refractivity (Wildman–Crippen MR) is 73.2 cm³/mol. The molecule has 1 unspecified atom stereocenters. The van der Waals surface area contributed by atoms with Gasteiger partial charge in [-0.25, -0.2) is 12.8 Å². The Morgan fingerprint density at radius 2 is 1.95 bits per heavy atom. The molecule has 0 saturated carbocycles. The molecule has 1 rings (SSSR count). The van der Waals surface area contributed by atoms with E-state index in [-0.39, 0.29) is 11.3 Å². The van der Waals surface area contributed by atoms with Gasteiger partial charge in [0.05, 0.1) is 11.9 Å². The van der Waals surface area contributed by atoms with E-state index in [1.807, 2.05) is 4.90 Å². The van der Waals surface area contributed by atoms with E-state index in [0.29, 0.717) is 19.5 Å². The van der Waals surface area contributed by atoms with Gasteiger partial charge in [0.25, 0.3) is 0 Å². The molecule has 6 heteroatoms. The maximum Gasteiger partial charge on any atom is 0.148 e. The molecular weight excluding hydrogens is 269 g/mol. The van der Waals surface area contributed by atoms with E-state index >= 15 is 0 Å². The van der Waals surface area contributed by atoms with Crippen molar-refractivity contribution in [3.63, 3.8) is 0 Å². The molecule has 0 spiro atoms. The third-order valence-electron chi connectivity index (χ3n) is 2.89. The van der Waals surface area contributed by atoms with Gasteiger partial charge < -0.3 is 10.0 Å². The Morgan fingerprint density at radius 1 is 1.32 bits per heavy atom. The number of sulfone groups is 1. The van der Waals surface area contributed by atoms with Gasteiger partial charge in [-0.15, -0.1) is 0 Å². The molecule has 1 N–H and O–H groups in total. The first kappa shape index (κ1) is 16.1. The highest BCUT2D eigenvalue weighted by molar-refractivity contribution is 7.90. The maximum atomic E-state index is 13.4. The summed E-state index contributed by atoms with van der Waals surface area (Å²) in [7, 11) is -1.20. The van der Waals surface area contributed by atoms with E-state index in [2.05, 4.69) is 0 Å². The summed E-state index contributed by atoms with van der Waals surface area (Å²) in [6.45, 7) is 0.911. The van der Waals surface area contributed by atoms with Crippen molar-refractivity contribution in [1.82, 2.24) is 4.90 Å².